The average molecular weight is 306 g/mol. The molecule has 0 saturated carbocycles. The molecule has 0 bridgehead atoms. The molecule has 1 atom stereocenters. The molecule has 0 radical (unpaired) electrons. The smallest absolute Gasteiger partial charge is 0.253 e. The molecule has 0 aliphatic carbocycles. The summed E-state index contributed by atoms with van der Waals surface area (Å²) in [5, 5.41) is 10.1. The van der Waals surface area contributed by atoms with Crippen LogP contribution < -0.4 is 10.5 Å². The Morgan fingerprint density at radius 2 is 2.23 bits per heavy atom. The Morgan fingerprint density at radius 1 is 1.50 bits per heavy atom. The van der Waals surface area contributed by atoms with Crippen LogP contribution >= 0.6 is 0 Å². The number of aliphatic hydroxyl groups is 1. The van der Waals surface area contributed by atoms with E-state index < -0.39 is 5.60 Å². The molecule has 1 aromatic rings. The summed E-state index contributed by atoms with van der Waals surface area (Å²) in [5.74, 6) is 0.814. The molecule has 0 aromatic heterocycles. The lowest BCUT2D eigenvalue weighted by Crippen LogP contribution is -2.35. The van der Waals surface area contributed by atoms with Crippen molar-refractivity contribution in [2.75, 3.05) is 26.2 Å². The maximum Gasteiger partial charge on any atom is 0.253 e. The minimum absolute atomic E-state index is 0.00986. The Hall–Kier alpha value is -1.59. The predicted molar refractivity (Wildman–Crippen MR) is 86.0 cm³/mol. The van der Waals surface area contributed by atoms with E-state index in [2.05, 4.69) is 0 Å². The molecule has 3 N–H and O–H groups in total. The first-order chi connectivity index (χ1) is 10.3. The fraction of sp³-hybridized carbons (Fsp3) is 0.588. The molecule has 1 aliphatic heterocycles. The summed E-state index contributed by atoms with van der Waals surface area (Å²) in [6.45, 7) is 7.70. The van der Waals surface area contributed by atoms with Gasteiger partial charge in [0.2, 0.25) is 0 Å². The second kappa shape index (κ2) is 6.67. The van der Waals surface area contributed by atoms with Crippen molar-refractivity contribution >= 4 is 5.91 Å². The average Bonchev–Trinajstić information content (AvgIpc) is 2.95. The maximum atomic E-state index is 12.6. The van der Waals surface area contributed by atoms with Crippen LogP contribution in [0.15, 0.2) is 18.2 Å². The molecule has 122 valence electrons. The summed E-state index contributed by atoms with van der Waals surface area (Å²) in [5.41, 5.74) is 6.31. The van der Waals surface area contributed by atoms with Crippen LogP contribution in [-0.2, 0) is 0 Å². The van der Waals surface area contributed by atoms with Crippen LogP contribution in [-0.4, -0.2) is 47.8 Å². The number of hydrogen-bond acceptors (Lipinski definition) is 4. The molecule has 2 rings (SSSR count). The maximum absolute atomic E-state index is 12.6. The Kier molecular flexibility index (Phi) is 5.08. The summed E-state index contributed by atoms with van der Waals surface area (Å²) >= 11 is 0. The lowest BCUT2D eigenvalue weighted by molar-refractivity contribution is 0.0211. The van der Waals surface area contributed by atoms with Crippen molar-refractivity contribution in [2.45, 2.75) is 32.8 Å². The van der Waals surface area contributed by atoms with E-state index in [0.717, 1.165) is 12.0 Å². The number of likely N-dealkylation sites (tertiary alicyclic amines) is 1. The van der Waals surface area contributed by atoms with Gasteiger partial charge in [0, 0.05) is 31.1 Å². The van der Waals surface area contributed by atoms with E-state index in [1.165, 1.54) is 0 Å². The van der Waals surface area contributed by atoms with Gasteiger partial charge in [0.1, 0.15) is 12.4 Å². The first kappa shape index (κ1) is 16.8. The van der Waals surface area contributed by atoms with Gasteiger partial charge in [-0.2, -0.15) is 0 Å². The van der Waals surface area contributed by atoms with Gasteiger partial charge in [-0.25, -0.2) is 0 Å². The fourth-order valence-electron chi connectivity index (χ4n) is 2.76. The van der Waals surface area contributed by atoms with Crippen molar-refractivity contribution in [3.63, 3.8) is 0 Å². The standard InChI is InChI=1S/C17H26N2O3/c1-12-4-5-13(10-15(12)22-9-7-18)16(20)19-8-6-14(11-19)17(2,3)21/h4-5,10,14,21H,6-9,11,18H2,1-3H3/t14-/m0/s1. The number of nitrogens with zero attached hydrogens (tertiary/aromatic N) is 1. The summed E-state index contributed by atoms with van der Waals surface area (Å²) in [7, 11) is 0. The lowest BCUT2D eigenvalue weighted by Gasteiger charge is -2.25. The molecule has 1 saturated heterocycles. The van der Waals surface area contributed by atoms with Crippen LogP contribution in [0.5, 0.6) is 5.75 Å². The zero-order valence-electron chi connectivity index (χ0n) is 13.6. The molecule has 5 nitrogen and oxygen atoms in total. The molecular weight excluding hydrogens is 280 g/mol. The summed E-state index contributed by atoms with van der Waals surface area (Å²) in [6, 6.07) is 5.50. The first-order valence-electron chi connectivity index (χ1n) is 7.78. The molecule has 1 amide bonds. The van der Waals surface area contributed by atoms with Crippen molar-refractivity contribution in [3.05, 3.63) is 29.3 Å². The summed E-state index contributed by atoms with van der Waals surface area (Å²) < 4.78 is 5.58. The van der Waals surface area contributed by atoms with E-state index in [1.807, 2.05) is 19.1 Å². The SMILES string of the molecule is Cc1ccc(C(=O)N2CC[C@H](C(C)(C)O)C2)cc1OCCN. The van der Waals surface area contributed by atoms with Crippen LogP contribution in [0.1, 0.15) is 36.2 Å². The van der Waals surface area contributed by atoms with Gasteiger partial charge < -0.3 is 20.5 Å². The number of ether oxygens (including phenoxy) is 1. The van der Waals surface area contributed by atoms with E-state index in [-0.39, 0.29) is 11.8 Å². The van der Waals surface area contributed by atoms with Crippen LogP contribution in [0, 0.1) is 12.8 Å². The minimum Gasteiger partial charge on any atom is -0.492 e. The van der Waals surface area contributed by atoms with E-state index in [0.29, 0.717) is 37.6 Å². The zero-order valence-corrected chi connectivity index (χ0v) is 13.6. The van der Waals surface area contributed by atoms with Crippen LogP contribution in [0.3, 0.4) is 0 Å². The van der Waals surface area contributed by atoms with Gasteiger partial charge in [-0.15, -0.1) is 0 Å². The number of aryl methyl sites for hydroxylation is 1. The molecular formula is C17H26N2O3. The molecule has 1 aromatic carbocycles. The van der Waals surface area contributed by atoms with Crippen LogP contribution in [0.2, 0.25) is 0 Å². The molecule has 1 heterocycles. The largest absolute Gasteiger partial charge is 0.492 e. The van der Waals surface area contributed by atoms with Gasteiger partial charge in [0.05, 0.1) is 5.60 Å². The van der Waals surface area contributed by atoms with Crippen molar-refractivity contribution in [1.82, 2.24) is 4.90 Å². The van der Waals surface area contributed by atoms with Gasteiger partial charge in [0.25, 0.3) is 5.91 Å². The van der Waals surface area contributed by atoms with Crippen molar-refractivity contribution in [2.24, 2.45) is 11.7 Å². The van der Waals surface area contributed by atoms with Crippen molar-refractivity contribution < 1.29 is 14.6 Å². The molecule has 1 fully saturated rings. The molecule has 22 heavy (non-hydrogen) atoms. The third-order valence-electron chi connectivity index (χ3n) is 4.29. The number of amides is 1. The van der Waals surface area contributed by atoms with Crippen LogP contribution in [0.25, 0.3) is 0 Å². The third-order valence-corrected chi connectivity index (χ3v) is 4.29. The quantitative estimate of drug-likeness (QED) is 0.866. The van der Waals surface area contributed by atoms with E-state index in [9.17, 15) is 9.90 Å². The molecule has 0 spiro atoms. The highest BCUT2D eigenvalue weighted by molar-refractivity contribution is 5.95. The van der Waals surface area contributed by atoms with Gasteiger partial charge in [-0.1, -0.05) is 6.07 Å². The fourth-order valence-corrected chi connectivity index (χ4v) is 2.76. The molecule has 0 unspecified atom stereocenters. The molecule has 1 aliphatic rings. The van der Waals surface area contributed by atoms with E-state index in [4.69, 9.17) is 10.5 Å². The van der Waals surface area contributed by atoms with Gasteiger partial charge >= 0.3 is 0 Å². The second-order valence-corrected chi connectivity index (χ2v) is 6.51. The Labute approximate surface area is 132 Å². The van der Waals surface area contributed by atoms with E-state index in [1.54, 1.807) is 24.8 Å². The molecule has 5 heteroatoms. The van der Waals surface area contributed by atoms with Crippen molar-refractivity contribution in [1.29, 1.82) is 0 Å². The first-order valence-corrected chi connectivity index (χ1v) is 7.78. The summed E-state index contributed by atoms with van der Waals surface area (Å²) in [4.78, 5) is 14.4. The monoisotopic (exact) mass is 306 g/mol. The van der Waals surface area contributed by atoms with Gasteiger partial charge in [0.15, 0.2) is 0 Å². The number of hydrogen-bond donors (Lipinski definition) is 2. The topological polar surface area (TPSA) is 75.8 Å². The second-order valence-electron chi connectivity index (χ2n) is 6.51. The van der Waals surface area contributed by atoms with Gasteiger partial charge in [-0.3, -0.25) is 4.79 Å². The van der Waals surface area contributed by atoms with Crippen LogP contribution in [0.4, 0.5) is 0 Å². The normalized spacial score (nSPS) is 18.6. The Morgan fingerprint density at radius 3 is 2.82 bits per heavy atom. The van der Waals surface area contributed by atoms with E-state index >= 15 is 0 Å². The number of carbonyl (C=O) groups is 1. The Bertz CT molecular complexity index is 537. The van der Waals surface area contributed by atoms with Crippen molar-refractivity contribution in [3.8, 4) is 5.75 Å². The number of carbonyl (C=O) groups excluding carboxylic acids is 1. The Balaban J connectivity index is 2.10. The highest BCUT2D eigenvalue weighted by Crippen LogP contribution is 2.29. The highest BCUT2D eigenvalue weighted by atomic mass is 16.5. The third kappa shape index (κ3) is 3.78. The number of nitrogens with two attached hydrogens (primary N) is 1. The predicted octanol–water partition coefficient (Wildman–Crippen LogP) is 1.57. The van der Waals surface area contributed by atoms with Gasteiger partial charge in [-0.05, 0) is 44.9 Å². The lowest BCUT2D eigenvalue weighted by atomic mass is 9.90. The highest BCUT2D eigenvalue weighted by Gasteiger charge is 2.35. The minimum atomic E-state index is -0.752. The number of rotatable bonds is 5. The summed E-state index contributed by atoms with van der Waals surface area (Å²) in [6.07, 6.45) is 0.831. The zero-order chi connectivity index (χ0) is 16.3. The number of benzene rings is 1.